The van der Waals surface area contributed by atoms with E-state index >= 15 is 0 Å². The zero-order chi connectivity index (χ0) is 23.8. The van der Waals surface area contributed by atoms with E-state index in [1.807, 2.05) is 0 Å². The van der Waals surface area contributed by atoms with Gasteiger partial charge in [0.2, 0.25) is 0 Å². The van der Waals surface area contributed by atoms with Crippen LogP contribution in [0.15, 0.2) is 52.7 Å². The van der Waals surface area contributed by atoms with E-state index in [0.717, 1.165) is 30.6 Å². The number of esters is 1. The number of nitrogens with one attached hydrogen (secondary N) is 1. The molecule has 33 heavy (non-hydrogen) atoms. The van der Waals surface area contributed by atoms with Crippen molar-refractivity contribution in [2.75, 3.05) is 18.4 Å². The fourth-order valence-corrected chi connectivity index (χ4v) is 6.52. The van der Waals surface area contributed by atoms with Gasteiger partial charge in [-0.1, -0.05) is 18.2 Å². The minimum Gasteiger partial charge on any atom is -0.465 e. The Morgan fingerprint density at radius 1 is 1.09 bits per heavy atom. The number of nitrogens with zero attached hydrogens (tertiary/aromatic N) is 1. The minimum atomic E-state index is -4.34. The zero-order valence-corrected chi connectivity index (χ0v) is 18.9. The number of hydrogen-bond acceptors (Lipinski definition) is 6. The Labute approximate surface area is 192 Å². The predicted octanol–water partition coefficient (Wildman–Crippen LogP) is 3.81. The Kier molecular flexibility index (Phi) is 6.17. The van der Waals surface area contributed by atoms with Crippen molar-refractivity contribution in [1.82, 2.24) is 4.90 Å². The number of ether oxygens (including phenoxy) is 1. The molecule has 0 fully saturated rings. The van der Waals surface area contributed by atoms with Gasteiger partial charge in [0.05, 0.1) is 24.9 Å². The van der Waals surface area contributed by atoms with Gasteiger partial charge >= 0.3 is 5.97 Å². The molecule has 1 N–H and O–H groups in total. The van der Waals surface area contributed by atoms with E-state index in [0.29, 0.717) is 22.1 Å². The van der Waals surface area contributed by atoms with Crippen LogP contribution in [0.5, 0.6) is 0 Å². The first-order chi connectivity index (χ1) is 15.7. The first-order valence-corrected chi connectivity index (χ1v) is 12.1. The van der Waals surface area contributed by atoms with Crippen LogP contribution in [-0.2, 0) is 27.7 Å². The molecule has 1 aliphatic rings. The quantitative estimate of drug-likeness (QED) is 0.547. The number of rotatable bonds is 5. The van der Waals surface area contributed by atoms with Crippen LogP contribution in [0.25, 0.3) is 0 Å². The lowest BCUT2D eigenvalue weighted by Gasteiger charge is -2.27. The number of fused-ring (bicyclic) bond motifs is 1. The molecule has 0 aliphatic carbocycles. The molecule has 11 heteroatoms. The zero-order valence-electron chi connectivity index (χ0n) is 17.3. The summed E-state index contributed by atoms with van der Waals surface area (Å²) < 4.78 is 59.6. The van der Waals surface area contributed by atoms with Crippen molar-refractivity contribution in [2.45, 2.75) is 17.2 Å². The van der Waals surface area contributed by atoms with E-state index in [1.165, 1.54) is 0 Å². The van der Waals surface area contributed by atoms with Crippen molar-refractivity contribution in [1.29, 1.82) is 0 Å². The standard InChI is InChI=1S/C22H18F2N2O5S2/c1-31-21(28)19-15-9-10-26(20(27)13-5-3-2-4-6-13)12-18(15)32-22(19)33(29,30)25-14-7-8-16(23)17(24)11-14/h2-8,11,25H,9-10,12H2,1H3. The number of halogens is 2. The summed E-state index contributed by atoms with van der Waals surface area (Å²) in [6.45, 7) is 0.413. The van der Waals surface area contributed by atoms with Gasteiger partial charge in [-0.15, -0.1) is 11.3 Å². The average Bonchev–Trinajstić information content (AvgIpc) is 3.21. The van der Waals surface area contributed by atoms with Crippen molar-refractivity contribution in [3.63, 3.8) is 0 Å². The molecule has 0 saturated heterocycles. The molecule has 0 atom stereocenters. The number of amides is 1. The molecule has 0 radical (unpaired) electrons. The van der Waals surface area contributed by atoms with Gasteiger partial charge in [0, 0.05) is 23.1 Å². The smallest absolute Gasteiger partial charge is 0.340 e. The molecular formula is C22H18F2N2O5S2. The summed E-state index contributed by atoms with van der Waals surface area (Å²) in [5.74, 6) is -3.38. The van der Waals surface area contributed by atoms with E-state index in [1.54, 1.807) is 35.2 Å². The van der Waals surface area contributed by atoms with Crippen LogP contribution >= 0.6 is 11.3 Å². The van der Waals surface area contributed by atoms with E-state index in [9.17, 15) is 26.8 Å². The highest BCUT2D eigenvalue weighted by Crippen LogP contribution is 2.37. The maximum atomic E-state index is 13.5. The van der Waals surface area contributed by atoms with Gasteiger partial charge in [-0.05, 0) is 36.2 Å². The second-order valence-corrected chi connectivity index (χ2v) is 10.2. The Balaban J connectivity index is 1.70. The van der Waals surface area contributed by atoms with E-state index < -0.39 is 27.6 Å². The monoisotopic (exact) mass is 492 g/mol. The average molecular weight is 493 g/mol. The second-order valence-electron chi connectivity index (χ2n) is 7.23. The molecule has 0 saturated carbocycles. The molecule has 3 aromatic rings. The molecule has 172 valence electrons. The number of anilines is 1. The third kappa shape index (κ3) is 4.46. The van der Waals surface area contributed by atoms with Crippen molar-refractivity contribution < 1.29 is 31.5 Å². The SMILES string of the molecule is COC(=O)c1c(S(=O)(=O)Nc2ccc(F)c(F)c2)sc2c1CCN(C(=O)c1ccccc1)C2. The van der Waals surface area contributed by atoms with Crippen LogP contribution in [0.1, 0.15) is 31.2 Å². The third-order valence-corrected chi connectivity index (χ3v) is 8.25. The summed E-state index contributed by atoms with van der Waals surface area (Å²) in [5.41, 5.74) is 0.685. The molecule has 0 unspecified atom stereocenters. The maximum Gasteiger partial charge on any atom is 0.340 e. The molecule has 2 aromatic carbocycles. The molecule has 2 heterocycles. The number of carbonyl (C=O) groups is 2. The van der Waals surface area contributed by atoms with Crippen LogP contribution in [0.3, 0.4) is 0 Å². The van der Waals surface area contributed by atoms with Gasteiger partial charge in [0.15, 0.2) is 15.8 Å². The highest BCUT2D eigenvalue weighted by Gasteiger charge is 2.35. The maximum absolute atomic E-state index is 13.5. The molecule has 0 spiro atoms. The largest absolute Gasteiger partial charge is 0.465 e. The molecule has 7 nitrogen and oxygen atoms in total. The normalized spacial score (nSPS) is 13.4. The first kappa shape index (κ1) is 22.9. The van der Waals surface area contributed by atoms with Crippen LogP contribution in [0.2, 0.25) is 0 Å². The summed E-state index contributed by atoms with van der Waals surface area (Å²) >= 11 is 0.843. The summed E-state index contributed by atoms with van der Waals surface area (Å²) in [7, 11) is -3.20. The molecule has 1 aromatic heterocycles. The van der Waals surface area contributed by atoms with Gasteiger partial charge in [-0.25, -0.2) is 22.0 Å². The number of benzene rings is 2. The Bertz CT molecular complexity index is 1340. The lowest BCUT2D eigenvalue weighted by atomic mass is 10.0. The van der Waals surface area contributed by atoms with E-state index in [4.69, 9.17) is 4.74 Å². The van der Waals surface area contributed by atoms with Gasteiger partial charge in [0.25, 0.3) is 15.9 Å². The van der Waals surface area contributed by atoms with Gasteiger partial charge < -0.3 is 9.64 Å². The van der Waals surface area contributed by atoms with Crippen LogP contribution < -0.4 is 4.72 Å². The summed E-state index contributed by atoms with van der Waals surface area (Å²) in [5, 5.41) is 0. The summed E-state index contributed by atoms with van der Waals surface area (Å²) in [6, 6.07) is 11.2. The van der Waals surface area contributed by atoms with Gasteiger partial charge in [0.1, 0.15) is 0 Å². The van der Waals surface area contributed by atoms with E-state index in [-0.39, 0.29) is 40.9 Å². The number of hydrogen-bond donors (Lipinski definition) is 1. The minimum absolute atomic E-state index is 0.112. The van der Waals surface area contributed by atoms with Crippen LogP contribution in [0, 0.1) is 11.6 Å². The summed E-state index contributed by atoms with van der Waals surface area (Å²) in [4.78, 5) is 27.5. The van der Waals surface area contributed by atoms with Crippen molar-refractivity contribution in [3.8, 4) is 0 Å². The Morgan fingerprint density at radius 3 is 2.48 bits per heavy atom. The molecule has 0 bridgehead atoms. The molecule has 1 aliphatic heterocycles. The van der Waals surface area contributed by atoms with Crippen molar-refractivity contribution in [2.24, 2.45) is 0 Å². The predicted molar refractivity (Wildman–Crippen MR) is 118 cm³/mol. The van der Waals surface area contributed by atoms with Crippen molar-refractivity contribution in [3.05, 3.63) is 81.7 Å². The lowest BCUT2D eigenvalue weighted by molar-refractivity contribution is 0.0595. The lowest BCUT2D eigenvalue weighted by Crippen LogP contribution is -2.35. The molecule has 4 rings (SSSR count). The molecule has 1 amide bonds. The number of carbonyl (C=O) groups excluding carboxylic acids is 2. The van der Waals surface area contributed by atoms with Crippen molar-refractivity contribution >= 4 is 38.9 Å². The third-order valence-electron chi connectivity index (χ3n) is 5.14. The highest BCUT2D eigenvalue weighted by molar-refractivity contribution is 7.94. The van der Waals surface area contributed by atoms with Crippen LogP contribution in [0.4, 0.5) is 14.5 Å². The van der Waals surface area contributed by atoms with Gasteiger partial charge in [-0.3, -0.25) is 9.52 Å². The fourth-order valence-electron chi connectivity index (χ4n) is 3.57. The Morgan fingerprint density at radius 2 is 1.82 bits per heavy atom. The number of sulfonamides is 1. The fraction of sp³-hybridized carbons (Fsp3) is 0.182. The highest BCUT2D eigenvalue weighted by atomic mass is 32.2. The topological polar surface area (TPSA) is 92.8 Å². The molecular weight excluding hydrogens is 474 g/mol. The number of methoxy groups -OCH3 is 1. The van der Waals surface area contributed by atoms with E-state index in [2.05, 4.69) is 4.72 Å². The second kappa shape index (κ2) is 8.91. The number of thiophene rings is 1. The van der Waals surface area contributed by atoms with Crippen LogP contribution in [-0.4, -0.2) is 38.8 Å². The van der Waals surface area contributed by atoms with Gasteiger partial charge in [-0.2, -0.15) is 0 Å². The summed E-state index contributed by atoms with van der Waals surface area (Å²) in [6.07, 6.45) is 0.259. The first-order valence-electron chi connectivity index (χ1n) is 9.76. The Hall–Kier alpha value is -3.31.